The topological polar surface area (TPSA) is 36.3 Å². The van der Waals surface area contributed by atoms with Crippen LogP contribution in [0.25, 0.3) is 0 Å². The summed E-state index contributed by atoms with van der Waals surface area (Å²) >= 11 is 0. The first kappa shape index (κ1) is 11.8. The second-order valence-electron chi connectivity index (χ2n) is 4.55. The Morgan fingerprint density at radius 1 is 1.00 bits per heavy atom. The average Bonchev–Trinajstić information content (AvgIpc) is 2.93. The van der Waals surface area contributed by atoms with Gasteiger partial charge in [0.2, 0.25) is 0 Å². The second kappa shape index (κ2) is 5.13. The number of nitrogens with zero attached hydrogens (tertiary/aromatic N) is 2. The minimum atomic E-state index is -0.384. The van der Waals surface area contributed by atoms with Gasteiger partial charge in [0.1, 0.15) is 0 Å². The first-order valence-electron chi connectivity index (χ1n) is 6.34. The van der Waals surface area contributed by atoms with Crippen molar-refractivity contribution >= 4 is 5.69 Å². The van der Waals surface area contributed by atoms with E-state index in [-0.39, 0.29) is 12.1 Å². The standard InChI is InChI=1S/C16H14N2O/c17-12-15-11-16(13-7-3-1-4-8-13)18(19-15)14-9-5-2-6-10-14/h1-10,15-16H,11H2/t15-,16-/m0/s1. The summed E-state index contributed by atoms with van der Waals surface area (Å²) in [5, 5.41) is 10.9. The fourth-order valence-electron chi connectivity index (χ4n) is 2.39. The maximum absolute atomic E-state index is 9.09. The molecule has 94 valence electrons. The van der Waals surface area contributed by atoms with Crippen molar-refractivity contribution in [1.82, 2.24) is 0 Å². The molecule has 0 aromatic heterocycles. The molecule has 1 saturated heterocycles. The maximum atomic E-state index is 9.09. The van der Waals surface area contributed by atoms with E-state index in [0.717, 1.165) is 5.69 Å². The van der Waals surface area contributed by atoms with Crippen molar-refractivity contribution in [3.8, 4) is 6.07 Å². The highest BCUT2D eigenvalue weighted by Crippen LogP contribution is 2.37. The van der Waals surface area contributed by atoms with Crippen LogP contribution in [0.1, 0.15) is 18.0 Å². The molecule has 0 amide bonds. The molecule has 3 rings (SSSR count). The van der Waals surface area contributed by atoms with Crippen LogP contribution in [-0.2, 0) is 4.84 Å². The van der Waals surface area contributed by atoms with Crippen molar-refractivity contribution in [2.75, 3.05) is 5.06 Å². The van der Waals surface area contributed by atoms with E-state index in [1.54, 1.807) is 0 Å². The largest absolute Gasteiger partial charge is 0.254 e. The lowest BCUT2D eigenvalue weighted by Gasteiger charge is -2.24. The number of nitriles is 1. The average molecular weight is 250 g/mol. The Balaban J connectivity index is 1.95. The first-order valence-corrected chi connectivity index (χ1v) is 6.34. The molecule has 1 fully saturated rings. The fourth-order valence-corrected chi connectivity index (χ4v) is 2.39. The zero-order valence-corrected chi connectivity index (χ0v) is 10.4. The van der Waals surface area contributed by atoms with Crippen molar-refractivity contribution in [3.05, 3.63) is 66.2 Å². The summed E-state index contributed by atoms with van der Waals surface area (Å²) in [5.41, 5.74) is 2.15. The third-order valence-corrected chi connectivity index (χ3v) is 3.30. The molecule has 0 unspecified atom stereocenters. The molecular formula is C16H14N2O. The van der Waals surface area contributed by atoms with Gasteiger partial charge in [-0.05, 0) is 17.7 Å². The molecule has 1 aliphatic heterocycles. The number of hydrogen-bond donors (Lipinski definition) is 0. The monoisotopic (exact) mass is 250 g/mol. The molecule has 0 radical (unpaired) electrons. The molecule has 1 heterocycles. The van der Waals surface area contributed by atoms with Crippen LogP contribution in [0.3, 0.4) is 0 Å². The van der Waals surface area contributed by atoms with Crippen molar-refractivity contribution in [3.63, 3.8) is 0 Å². The molecule has 0 N–H and O–H groups in total. The van der Waals surface area contributed by atoms with Gasteiger partial charge < -0.3 is 0 Å². The fraction of sp³-hybridized carbons (Fsp3) is 0.188. The van der Waals surface area contributed by atoms with Crippen LogP contribution < -0.4 is 5.06 Å². The van der Waals surface area contributed by atoms with Crippen LogP contribution in [0.15, 0.2) is 60.7 Å². The zero-order chi connectivity index (χ0) is 13.1. The Kier molecular flexibility index (Phi) is 3.18. The summed E-state index contributed by atoms with van der Waals surface area (Å²) in [6.45, 7) is 0. The molecule has 0 spiro atoms. The minimum absolute atomic E-state index is 0.0910. The molecule has 2 aromatic carbocycles. The maximum Gasteiger partial charge on any atom is 0.174 e. The third-order valence-electron chi connectivity index (χ3n) is 3.30. The third kappa shape index (κ3) is 2.31. The molecule has 0 bridgehead atoms. The lowest BCUT2D eigenvalue weighted by molar-refractivity contribution is 0.118. The summed E-state index contributed by atoms with van der Waals surface area (Å²) in [6.07, 6.45) is 0.306. The number of benzene rings is 2. The minimum Gasteiger partial charge on any atom is -0.254 e. The van der Waals surface area contributed by atoms with Crippen molar-refractivity contribution < 1.29 is 4.84 Å². The van der Waals surface area contributed by atoms with Crippen LogP contribution >= 0.6 is 0 Å². The van der Waals surface area contributed by atoms with Gasteiger partial charge in [0.05, 0.1) is 17.8 Å². The Morgan fingerprint density at radius 3 is 2.26 bits per heavy atom. The first-order chi connectivity index (χ1) is 9.38. The Morgan fingerprint density at radius 2 is 1.63 bits per heavy atom. The number of para-hydroxylation sites is 1. The Bertz CT molecular complexity index is 529. The quantitative estimate of drug-likeness (QED) is 0.819. The van der Waals surface area contributed by atoms with E-state index in [2.05, 4.69) is 18.2 Å². The summed E-state index contributed by atoms with van der Waals surface area (Å²) in [5.74, 6) is 0. The number of anilines is 1. The molecule has 3 nitrogen and oxygen atoms in total. The predicted octanol–water partition coefficient (Wildman–Crippen LogP) is 3.46. The molecule has 0 aliphatic carbocycles. The highest BCUT2D eigenvalue weighted by atomic mass is 16.7. The van der Waals surface area contributed by atoms with Gasteiger partial charge in [0, 0.05) is 6.42 Å². The van der Waals surface area contributed by atoms with E-state index in [1.165, 1.54) is 5.56 Å². The lowest BCUT2D eigenvalue weighted by atomic mass is 10.0. The van der Waals surface area contributed by atoms with Gasteiger partial charge in [-0.1, -0.05) is 48.5 Å². The van der Waals surface area contributed by atoms with E-state index in [9.17, 15) is 0 Å². The SMILES string of the molecule is N#C[C@@H]1C[C@@H](c2ccccc2)N(c2ccccc2)O1. The number of hydrogen-bond acceptors (Lipinski definition) is 3. The highest BCUT2D eigenvalue weighted by molar-refractivity contribution is 5.47. The van der Waals surface area contributed by atoms with Crippen LogP contribution in [-0.4, -0.2) is 6.10 Å². The van der Waals surface area contributed by atoms with Gasteiger partial charge in [0.15, 0.2) is 6.10 Å². The second-order valence-corrected chi connectivity index (χ2v) is 4.55. The summed E-state index contributed by atoms with van der Waals surface area (Å²) in [6, 6.07) is 22.4. The van der Waals surface area contributed by atoms with Crippen LogP contribution in [0.5, 0.6) is 0 Å². The zero-order valence-electron chi connectivity index (χ0n) is 10.4. The van der Waals surface area contributed by atoms with Crippen molar-refractivity contribution in [2.45, 2.75) is 18.6 Å². The van der Waals surface area contributed by atoms with Gasteiger partial charge in [-0.2, -0.15) is 5.26 Å². The van der Waals surface area contributed by atoms with E-state index < -0.39 is 0 Å². The molecule has 1 aliphatic rings. The van der Waals surface area contributed by atoms with Crippen LogP contribution in [0.4, 0.5) is 5.69 Å². The lowest BCUT2D eigenvalue weighted by Crippen LogP contribution is -2.21. The van der Waals surface area contributed by atoms with Crippen LogP contribution in [0.2, 0.25) is 0 Å². The number of rotatable bonds is 2. The van der Waals surface area contributed by atoms with Gasteiger partial charge >= 0.3 is 0 Å². The molecule has 3 heteroatoms. The van der Waals surface area contributed by atoms with Crippen molar-refractivity contribution in [1.29, 1.82) is 5.26 Å². The van der Waals surface area contributed by atoms with Gasteiger partial charge in [0.25, 0.3) is 0 Å². The van der Waals surface area contributed by atoms with Crippen LogP contribution in [0, 0.1) is 11.3 Å². The van der Waals surface area contributed by atoms with E-state index >= 15 is 0 Å². The van der Waals surface area contributed by atoms with E-state index in [1.807, 2.05) is 53.6 Å². The van der Waals surface area contributed by atoms with E-state index in [4.69, 9.17) is 10.1 Å². The summed E-state index contributed by atoms with van der Waals surface area (Å²) in [4.78, 5) is 5.74. The Hall–Kier alpha value is -2.31. The van der Waals surface area contributed by atoms with E-state index in [0.29, 0.717) is 6.42 Å². The molecular weight excluding hydrogens is 236 g/mol. The predicted molar refractivity (Wildman–Crippen MR) is 73.2 cm³/mol. The number of hydroxylamine groups is 1. The molecule has 2 atom stereocenters. The normalized spacial score (nSPS) is 22.2. The summed E-state index contributed by atoms with van der Waals surface area (Å²) in [7, 11) is 0. The molecule has 19 heavy (non-hydrogen) atoms. The van der Waals surface area contributed by atoms with Gasteiger partial charge in [-0.15, -0.1) is 0 Å². The molecule has 2 aromatic rings. The van der Waals surface area contributed by atoms with Crippen molar-refractivity contribution in [2.24, 2.45) is 0 Å². The molecule has 0 saturated carbocycles. The summed E-state index contributed by atoms with van der Waals surface area (Å²) < 4.78 is 0. The highest BCUT2D eigenvalue weighted by Gasteiger charge is 2.34. The smallest absolute Gasteiger partial charge is 0.174 e. The van der Waals surface area contributed by atoms with Gasteiger partial charge in [-0.25, -0.2) is 5.06 Å². The Labute approximate surface area is 112 Å². The van der Waals surface area contributed by atoms with Gasteiger partial charge in [-0.3, -0.25) is 4.84 Å².